The second kappa shape index (κ2) is 15.8. The predicted molar refractivity (Wildman–Crippen MR) is 179 cm³/mol. The van der Waals surface area contributed by atoms with Gasteiger partial charge in [0.1, 0.15) is 23.8 Å². The van der Waals surface area contributed by atoms with Crippen molar-refractivity contribution in [2.75, 3.05) is 32.1 Å². The van der Waals surface area contributed by atoms with E-state index in [-0.39, 0.29) is 11.9 Å². The lowest BCUT2D eigenvalue weighted by atomic mass is 9.94. The Morgan fingerprint density at radius 1 is 1.04 bits per heavy atom. The molecule has 0 bridgehead atoms. The number of nitrogens with zero attached hydrogens (tertiary/aromatic N) is 3. The number of hydrogen-bond donors (Lipinski definition) is 1. The van der Waals surface area contributed by atoms with Crippen LogP contribution in [0.4, 0.5) is 8.78 Å². The molecule has 1 aliphatic heterocycles. The van der Waals surface area contributed by atoms with Crippen LogP contribution in [0.2, 0.25) is 0 Å². The monoisotopic (exact) mass is 644 g/mol. The summed E-state index contributed by atoms with van der Waals surface area (Å²) in [5.41, 5.74) is 4.10. The molecule has 1 atom stereocenters. The van der Waals surface area contributed by atoms with Crippen LogP contribution in [-0.4, -0.2) is 70.6 Å². The molecule has 0 aliphatic carbocycles. The van der Waals surface area contributed by atoms with Crippen molar-refractivity contribution in [2.45, 2.75) is 38.0 Å². The third-order valence-electron chi connectivity index (χ3n) is 8.06. The summed E-state index contributed by atoms with van der Waals surface area (Å²) in [6.07, 6.45) is 11.0. The van der Waals surface area contributed by atoms with E-state index in [0.29, 0.717) is 35.4 Å². The second-order valence-electron chi connectivity index (χ2n) is 11.5. The molecule has 5 rings (SSSR count). The molecule has 3 aromatic carbocycles. The SMILES string of the molecule is CSCC[C@H](NC(=O)c1ccc(C=C(Cn2ccnc2)c2ccc(F)cc2)cc1-c1ccc(F)cc1)C(=O)OC1CCN(C)CC1. The number of thioether (sulfide) groups is 1. The van der Waals surface area contributed by atoms with E-state index in [1.165, 1.54) is 24.3 Å². The van der Waals surface area contributed by atoms with Crippen LogP contribution < -0.4 is 5.32 Å². The van der Waals surface area contributed by atoms with Crippen LogP contribution in [0.3, 0.4) is 0 Å². The first kappa shape index (κ1) is 33.1. The first-order chi connectivity index (χ1) is 22.3. The molecule has 7 nitrogen and oxygen atoms in total. The minimum absolute atomic E-state index is 0.171. The van der Waals surface area contributed by atoms with Crippen molar-refractivity contribution in [1.82, 2.24) is 19.8 Å². The molecule has 1 amide bonds. The van der Waals surface area contributed by atoms with Crippen molar-refractivity contribution in [3.63, 3.8) is 0 Å². The lowest BCUT2D eigenvalue weighted by Crippen LogP contribution is -2.45. The van der Waals surface area contributed by atoms with Crippen LogP contribution in [0.15, 0.2) is 85.5 Å². The summed E-state index contributed by atoms with van der Waals surface area (Å²) in [5.74, 6) is -0.892. The Hall–Kier alpha value is -4.28. The fourth-order valence-corrected chi connectivity index (χ4v) is 5.92. The van der Waals surface area contributed by atoms with Gasteiger partial charge in [0.2, 0.25) is 0 Å². The van der Waals surface area contributed by atoms with E-state index in [9.17, 15) is 18.4 Å². The van der Waals surface area contributed by atoms with Crippen LogP contribution in [-0.2, 0) is 16.1 Å². The van der Waals surface area contributed by atoms with Gasteiger partial charge < -0.3 is 19.5 Å². The molecule has 46 heavy (non-hydrogen) atoms. The number of benzene rings is 3. The summed E-state index contributed by atoms with van der Waals surface area (Å²) < 4.78 is 35.4. The molecule has 1 aliphatic rings. The number of piperidine rings is 1. The summed E-state index contributed by atoms with van der Waals surface area (Å²) >= 11 is 1.59. The van der Waals surface area contributed by atoms with Gasteiger partial charge in [-0.1, -0.05) is 30.3 Å². The number of likely N-dealkylation sites (tertiary alicyclic amines) is 1. The molecule has 2 heterocycles. The standard InChI is InChI=1S/C36H38F2N4O3S/c1-41-17-13-31(14-18-41)45-36(44)34(15-20-46-2)40-35(43)32-12-3-25(22-33(32)27-6-10-30(38)11-7-27)21-28(23-42-19-16-39-24-42)26-4-8-29(37)9-5-26/h3-12,16,19,21-22,24,31,34H,13-15,17-18,20,23H2,1-2H3,(H,40,43)/t34-/m0/s1. The number of rotatable bonds is 12. The summed E-state index contributed by atoms with van der Waals surface area (Å²) in [4.78, 5) is 33.5. The Bertz CT molecular complexity index is 1630. The zero-order valence-electron chi connectivity index (χ0n) is 26.0. The Morgan fingerprint density at radius 3 is 2.39 bits per heavy atom. The summed E-state index contributed by atoms with van der Waals surface area (Å²) in [7, 11) is 2.04. The molecular weight excluding hydrogens is 606 g/mol. The largest absolute Gasteiger partial charge is 0.461 e. The lowest BCUT2D eigenvalue weighted by Gasteiger charge is -2.30. The van der Waals surface area contributed by atoms with Crippen LogP contribution in [0.25, 0.3) is 22.8 Å². The number of hydrogen-bond acceptors (Lipinski definition) is 6. The number of halogens is 2. The Labute approximate surface area is 272 Å². The van der Waals surface area contributed by atoms with Crippen molar-refractivity contribution in [1.29, 1.82) is 0 Å². The number of amides is 1. The fraction of sp³-hybridized carbons (Fsp3) is 0.306. The molecule has 0 saturated carbocycles. The maximum absolute atomic E-state index is 13.9. The quantitative estimate of drug-likeness (QED) is 0.139. The number of esters is 1. The van der Waals surface area contributed by atoms with Gasteiger partial charge in [0.05, 0.1) is 6.33 Å². The van der Waals surface area contributed by atoms with Gasteiger partial charge in [-0.15, -0.1) is 0 Å². The highest BCUT2D eigenvalue weighted by atomic mass is 32.2. The second-order valence-corrected chi connectivity index (χ2v) is 12.5. The fourth-order valence-electron chi connectivity index (χ4n) is 5.45. The van der Waals surface area contributed by atoms with Gasteiger partial charge in [-0.3, -0.25) is 4.79 Å². The van der Waals surface area contributed by atoms with Crippen LogP contribution in [0, 0.1) is 11.6 Å². The highest BCUT2D eigenvalue weighted by Crippen LogP contribution is 2.29. The predicted octanol–water partition coefficient (Wildman–Crippen LogP) is 6.56. The molecule has 1 saturated heterocycles. The average molecular weight is 645 g/mol. The van der Waals surface area contributed by atoms with Crippen LogP contribution in [0.1, 0.15) is 40.7 Å². The van der Waals surface area contributed by atoms with E-state index in [1.54, 1.807) is 54.6 Å². The molecule has 0 unspecified atom stereocenters. The molecule has 240 valence electrons. The van der Waals surface area contributed by atoms with Gasteiger partial charge in [0.25, 0.3) is 5.91 Å². The number of carbonyl (C=O) groups is 2. The zero-order valence-corrected chi connectivity index (χ0v) is 26.8. The van der Waals surface area contributed by atoms with Crippen molar-refractivity contribution >= 4 is 35.3 Å². The number of ether oxygens (including phenoxy) is 1. The van der Waals surface area contributed by atoms with Crippen LogP contribution >= 0.6 is 11.8 Å². The van der Waals surface area contributed by atoms with E-state index in [2.05, 4.69) is 15.2 Å². The maximum Gasteiger partial charge on any atom is 0.328 e. The van der Waals surface area contributed by atoms with Gasteiger partial charge in [-0.25, -0.2) is 18.6 Å². The molecular formula is C36H38F2N4O3S. The summed E-state index contributed by atoms with van der Waals surface area (Å²) in [6.45, 7) is 2.19. The van der Waals surface area contributed by atoms with E-state index < -0.39 is 23.7 Å². The van der Waals surface area contributed by atoms with Gasteiger partial charge in [-0.05, 0) is 109 Å². The van der Waals surface area contributed by atoms with Crippen molar-refractivity contribution in [2.24, 2.45) is 0 Å². The third-order valence-corrected chi connectivity index (χ3v) is 8.70. The molecule has 0 spiro atoms. The van der Waals surface area contributed by atoms with Crippen LogP contribution in [0.5, 0.6) is 0 Å². The summed E-state index contributed by atoms with van der Waals surface area (Å²) in [5, 5.41) is 2.94. The smallest absolute Gasteiger partial charge is 0.328 e. The zero-order chi connectivity index (χ0) is 32.5. The van der Waals surface area contributed by atoms with Crippen molar-refractivity contribution < 1.29 is 23.1 Å². The molecule has 0 radical (unpaired) electrons. The third kappa shape index (κ3) is 8.92. The van der Waals surface area contributed by atoms with Gasteiger partial charge in [0.15, 0.2) is 0 Å². The van der Waals surface area contributed by atoms with Gasteiger partial charge in [0, 0.05) is 37.6 Å². The van der Waals surface area contributed by atoms with Crippen molar-refractivity contribution in [3.05, 3.63) is 114 Å². The highest BCUT2D eigenvalue weighted by Gasteiger charge is 2.28. The number of carbonyl (C=O) groups excluding carboxylic acids is 2. The number of allylic oxidation sites excluding steroid dienone is 1. The van der Waals surface area contributed by atoms with E-state index in [1.807, 2.05) is 42.3 Å². The van der Waals surface area contributed by atoms with Gasteiger partial charge in [-0.2, -0.15) is 11.8 Å². The maximum atomic E-state index is 13.9. The Balaban J connectivity index is 1.46. The van der Waals surface area contributed by atoms with E-state index in [0.717, 1.165) is 42.6 Å². The van der Waals surface area contributed by atoms with Crippen molar-refractivity contribution in [3.8, 4) is 11.1 Å². The molecule has 1 N–H and O–H groups in total. The topological polar surface area (TPSA) is 76.5 Å². The van der Waals surface area contributed by atoms with E-state index >= 15 is 0 Å². The lowest BCUT2D eigenvalue weighted by molar-refractivity contribution is -0.153. The molecule has 4 aromatic rings. The summed E-state index contributed by atoms with van der Waals surface area (Å²) in [6, 6.07) is 16.8. The minimum atomic E-state index is -0.805. The number of imidazole rings is 1. The number of nitrogens with one attached hydrogen (secondary N) is 1. The molecule has 1 fully saturated rings. The van der Waals surface area contributed by atoms with E-state index in [4.69, 9.17) is 4.74 Å². The Kier molecular flexibility index (Phi) is 11.4. The highest BCUT2D eigenvalue weighted by molar-refractivity contribution is 7.98. The number of aromatic nitrogens is 2. The Morgan fingerprint density at radius 2 is 1.74 bits per heavy atom. The molecule has 1 aromatic heterocycles. The normalized spacial score (nSPS) is 15.0. The first-order valence-corrected chi connectivity index (χ1v) is 16.7. The molecule has 10 heteroatoms. The first-order valence-electron chi connectivity index (χ1n) is 15.3. The average Bonchev–Trinajstić information content (AvgIpc) is 3.57. The minimum Gasteiger partial charge on any atom is -0.461 e. The van der Waals surface area contributed by atoms with Gasteiger partial charge >= 0.3 is 5.97 Å².